The lowest BCUT2D eigenvalue weighted by atomic mass is 10.1. The number of benzene rings is 1. The van der Waals surface area contributed by atoms with E-state index in [0.717, 1.165) is 23.3 Å². The van der Waals surface area contributed by atoms with Crippen LogP contribution in [0.15, 0.2) is 41.4 Å². The molecule has 0 radical (unpaired) electrons. The molecule has 0 bridgehead atoms. The van der Waals surface area contributed by atoms with Crippen LogP contribution in [0.1, 0.15) is 12.5 Å². The largest absolute Gasteiger partial charge is 0.496 e. The number of hydrogen-bond donors (Lipinski definition) is 2. The first kappa shape index (κ1) is 19.5. The molecule has 6 heteroatoms. The molecular weight excluding hydrogens is 304 g/mol. The highest BCUT2D eigenvalue weighted by Crippen LogP contribution is 2.17. The Bertz CT molecular complexity index is 582. The molecule has 1 rings (SSSR count). The van der Waals surface area contributed by atoms with Crippen molar-refractivity contribution in [2.24, 2.45) is 4.99 Å². The van der Waals surface area contributed by atoms with Crippen molar-refractivity contribution in [3.63, 3.8) is 0 Å². The first-order chi connectivity index (χ1) is 11.4. The summed E-state index contributed by atoms with van der Waals surface area (Å²) in [4.78, 5) is 17.5. The molecule has 0 aliphatic rings. The average molecular weight is 332 g/mol. The Morgan fingerprint density at radius 3 is 2.62 bits per heavy atom. The molecule has 0 aromatic heterocycles. The number of methoxy groups -OCH3 is 1. The Morgan fingerprint density at radius 1 is 1.29 bits per heavy atom. The SMILES string of the molecule is C=C(C)CNC(=NCC(=O)N(C)C)NCCc1ccccc1OC. The van der Waals surface area contributed by atoms with Crippen molar-refractivity contribution in [1.82, 2.24) is 15.5 Å². The quantitative estimate of drug-likeness (QED) is 0.429. The topological polar surface area (TPSA) is 66.0 Å². The number of likely N-dealkylation sites (N-methyl/N-ethyl adjacent to an activating group) is 1. The second-order valence-electron chi connectivity index (χ2n) is 5.75. The van der Waals surface area contributed by atoms with Gasteiger partial charge in [0.05, 0.1) is 7.11 Å². The molecule has 6 nitrogen and oxygen atoms in total. The van der Waals surface area contributed by atoms with Gasteiger partial charge in [-0.25, -0.2) is 4.99 Å². The summed E-state index contributed by atoms with van der Waals surface area (Å²) in [6.45, 7) is 7.19. The minimum absolute atomic E-state index is 0.0452. The Morgan fingerprint density at radius 2 is 2.00 bits per heavy atom. The molecule has 0 fully saturated rings. The third-order valence-corrected chi connectivity index (χ3v) is 3.31. The van der Waals surface area contributed by atoms with Crippen molar-refractivity contribution in [2.75, 3.05) is 40.8 Å². The number of guanidine groups is 1. The van der Waals surface area contributed by atoms with Crippen LogP contribution >= 0.6 is 0 Å². The number of carbonyl (C=O) groups excluding carboxylic acids is 1. The van der Waals surface area contributed by atoms with Gasteiger partial charge in [0.15, 0.2) is 5.96 Å². The van der Waals surface area contributed by atoms with Crippen molar-refractivity contribution in [1.29, 1.82) is 0 Å². The molecule has 1 amide bonds. The summed E-state index contributed by atoms with van der Waals surface area (Å²) >= 11 is 0. The zero-order valence-electron chi connectivity index (χ0n) is 15.1. The van der Waals surface area contributed by atoms with Crippen LogP contribution in [0.25, 0.3) is 0 Å². The van der Waals surface area contributed by atoms with Gasteiger partial charge in [-0.05, 0) is 25.0 Å². The van der Waals surface area contributed by atoms with Gasteiger partial charge < -0.3 is 20.3 Å². The van der Waals surface area contributed by atoms with Crippen molar-refractivity contribution in [3.8, 4) is 5.75 Å². The lowest BCUT2D eigenvalue weighted by molar-refractivity contribution is -0.127. The number of rotatable bonds is 8. The van der Waals surface area contributed by atoms with Gasteiger partial charge in [0.1, 0.15) is 12.3 Å². The average Bonchev–Trinajstić information content (AvgIpc) is 2.56. The smallest absolute Gasteiger partial charge is 0.243 e. The molecule has 1 aromatic carbocycles. The van der Waals surface area contributed by atoms with Gasteiger partial charge in [-0.15, -0.1) is 0 Å². The zero-order valence-corrected chi connectivity index (χ0v) is 15.1. The maximum atomic E-state index is 11.7. The summed E-state index contributed by atoms with van der Waals surface area (Å²) in [7, 11) is 5.10. The monoisotopic (exact) mass is 332 g/mol. The van der Waals surface area contributed by atoms with E-state index in [1.165, 1.54) is 4.90 Å². The van der Waals surface area contributed by atoms with Crippen molar-refractivity contribution >= 4 is 11.9 Å². The van der Waals surface area contributed by atoms with E-state index < -0.39 is 0 Å². The highest BCUT2D eigenvalue weighted by atomic mass is 16.5. The van der Waals surface area contributed by atoms with Crippen LogP contribution in [0.3, 0.4) is 0 Å². The van der Waals surface area contributed by atoms with Crippen molar-refractivity contribution in [2.45, 2.75) is 13.3 Å². The van der Waals surface area contributed by atoms with Crippen molar-refractivity contribution in [3.05, 3.63) is 42.0 Å². The summed E-state index contributed by atoms with van der Waals surface area (Å²) in [6, 6.07) is 7.92. The molecule has 0 spiro atoms. The Hall–Kier alpha value is -2.50. The second kappa shape index (κ2) is 10.3. The molecular formula is C18H28N4O2. The standard InChI is InChI=1S/C18H28N4O2/c1-14(2)12-20-18(21-13-17(23)22(3)4)19-11-10-15-8-6-7-9-16(15)24-5/h6-9H,1,10-13H2,2-5H3,(H2,19,20,21). The summed E-state index contributed by atoms with van der Waals surface area (Å²) < 4.78 is 5.35. The highest BCUT2D eigenvalue weighted by molar-refractivity contribution is 5.84. The lowest BCUT2D eigenvalue weighted by Crippen LogP contribution is -2.40. The van der Waals surface area contributed by atoms with Crippen LogP contribution < -0.4 is 15.4 Å². The molecule has 0 saturated carbocycles. The molecule has 0 aliphatic carbocycles. The fourth-order valence-corrected chi connectivity index (χ4v) is 1.92. The maximum Gasteiger partial charge on any atom is 0.243 e. The highest BCUT2D eigenvalue weighted by Gasteiger charge is 2.06. The van der Waals surface area contributed by atoms with E-state index in [1.54, 1.807) is 21.2 Å². The first-order valence-electron chi connectivity index (χ1n) is 7.92. The predicted molar refractivity (Wildman–Crippen MR) is 98.5 cm³/mol. The van der Waals surface area contributed by atoms with Crippen LogP contribution in [-0.2, 0) is 11.2 Å². The Labute approximate surface area is 144 Å². The predicted octanol–water partition coefficient (Wildman–Crippen LogP) is 1.44. The molecule has 0 aliphatic heterocycles. The minimum Gasteiger partial charge on any atom is -0.496 e. The van der Waals surface area contributed by atoms with Gasteiger partial charge in [0.25, 0.3) is 0 Å². The fourth-order valence-electron chi connectivity index (χ4n) is 1.92. The lowest BCUT2D eigenvalue weighted by Gasteiger charge is -2.14. The minimum atomic E-state index is -0.0452. The maximum absolute atomic E-state index is 11.7. The van der Waals surface area contributed by atoms with E-state index in [2.05, 4.69) is 22.2 Å². The van der Waals surface area contributed by atoms with E-state index in [4.69, 9.17) is 4.74 Å². The summed E-state index contributed by atoms with van der Waals surface area (Å²) in [5.74, 6) is 1.43. The van der Waals surface area contributed by atoms with Gasteiger partial charge in [-0.3, -0.25) is 4.79 Å². The molecule has 24 heavy (non-hydrogen) atoms. The normalized spacial score (nSPS) is 10.9. The molecule has 132 valence electrons. The molecule has 0 saturated heterocycles. The van der Waals surface area contributed by atoms with Crippen LogP contribution in [0.2, 0.25) is 0 Å². The number of aliphatic imine (C=N–C) groups is 1. The van der Waals surface area contributed by atoms with Gasteiger partial charge in [-0.1, -0.05) is 30.4 Å². The van der Waals surface area contributed by atoms with E-state index in [0.29, 0.717) is 19.0 Å². The molecule has 1 aromatic rings. The number of hydrogen-bond acceptors (Lipinski definition) is 3. The number of amides is 1. The number of ether oxygens (including phenoxy) is 1. The van der Waals surface area contributed by atoms with E-state index >= 15 is 0 Å². The third-order valence-electron chi connectivity index (χ3n) is 3.31. The molecule has 0 atom stereocenters. The van der Waals surface area contributed by atoms with Crippen LogP contribution in [-0.4, -0.2) is 57.6 Å². The van der Waals surface area contributed by atoms with E-state index in [1.807, 2.05) is 31.2 Å². The van der Waals surface area contributed by atoms with Gasteiger partial charge in [0.2, 0.25) is 5.91 Å². The fraction of sp³-hybridized carbons (Fsp3) is 0.444. The first-order valence-corrected chi connectivity index (χ1v) is 7.92. The number of carbonyl (C=O) groups is 1. The molecule has 2 N–H and O–H groups in total. The van der Waals surface area contributed by atoms with Gasteiger partial charge in [-0.2, -0.15) is 0 Å². The molecule has 0 heterocycles. The summed E-state index contributed by atoms with van der Waals surface area (Å²) in [5.41, 5.74) is 2.12. The Balaban J connectivity index is 2.62. The number of nitrogens with one attached hydrogen (secondary N) is 2. The van der Waals surface area contributed by atoms with Crippen LogP contribution in [0.5, 0.6) is 5.75 Å². The van der Waals surface area contributed by atoms with Crippen LogP contribution in [0.4, 0.5) is 0 Å². The van der Waals surface area contributed by atoms with Crippen LogP contribution in [0, 0.1) is 0 Å². The third kappa shape index (κ3) is 7.17. The van der Waals surface area contributed by atoms with E-state index in [-0.39, 0.29) is 12.5 Å². The second-order valence-corrected chi connectivity index (χ2v) is 5.75. The Kier molecular flexibility index (Phi) is 8.39. The number of nitrogens with zero attached hydrogens (tertiary/aromatic N) is 2. The van der Waals surface area contributed by atoms with E-state index in [9.17, 15) is 4.79 Å². The van der Waals surface area contributed by atoms with Gasteiger partial charge >= 0.3 is 0 Å². The summed E-state index contributed by atoms with van der Waals surface area (Å²) in [5, 5.41) is 6.41. The van der Waals surface area contributed by atoms with Crippen molar-refractivity contribution < 1.29 is 9.53 Å². The van der Waals surface area contributed by atoms with Gasteiger partial charge in [0, 0.05) is 27.2 Å². The summed E-state index contributed by atoms with van der Waals surface area (Å²) in [6.07, 6.45) is 0.791. The number of para-hydroxylation sites is 1. The zero-order chi connectivity index (χ0) is 17.9. The molecule has 0 unspecified atom stereocenters.